The van der Waals surface area contributed by atoms with E-state index in [0.29, 0.717) is 37.0 Å². The molecule has 1 aliphatic heterocycles. The van der Waals surface area contributed by atoms with Gasteiger partial charge < -0.3 is 15.4 Å². The first-order valence-electron chi connectivity index (χ1n) is 8.87. The maximum atomic E-state index is 12.8. The molecule has 150 valence electrons. The van der Waals surface area contributed by atoms with E-state index in [1.165, 1.54) is 16.4 Å². The van der Waals surface area contributed by atoms with Crippen molar-refractivity contribution >= 4 is 38.9 Å². The zero-order valence-electron chi connectivity index (χ0n) is 15.4. The van der Waals surface area contributed by atoms with Crippen LogP contribution in [-0.4, -0.2) is 51.0 Å². The molecule has 0 aliphatic carbocycles. The van der Waals surface area contributed by atoms with Crippen molar-refractivity contribution in [2.45, 2.75) is 17.9 Å². The Balaban J connectivity index is 1.68. The van der Waals surface area contributed by atoms with E-state index < -0.39 is 16.1 Å². The van der Waals surface area contributed by atoms with Gasteiger partial charge in [-0.15, -0.1) is 0 Å². The SMILES string of the molecule is C[C@@H](Nc1ccc(Cl)cc1)C(=O)Nc1cccc(S(=O)(=O)N2CCOCC2)c1. The van der Waals surface area contributed by atoms with E-state index in [4.69, 9.17) is 16.3 Å². The number of hydrogen-bond acceptors (Lipinski definition) is 5. The lowest BCUT2D eigenvalue weighted by molar-refractivity contribution is -0.116. The molecule has 1 saturated heterocycles. The van der Waals surface area contributed by atoms with Gasteiger partial charge in [0.1, 0.15) is 6.04 Å². The summed E-state index contributed by atoms with van der Waals surface area (Å²) in [6.45, 7) is 3.12. The standard InChI is InChI=1S/C19H22ClN3O4S/c1-14(21-16-7-5-15(20)6-8-16)19(24)22-17-3-2-4-18(13-17)28(25,26)23-9-11-27-12-10-23/h2-8,13-14,21H,9-12H2,1H3,(H,22,24)/t14-/m1/s1. The van der Waals surface area contributed by atoms with Gasteiger partial charge in [-0.25, -0.2) is 8.42 Å². The molecule has 0 radical (unpaired) electrons. The van der Waals surface area contributed by atoms with Gasteiger partial charge in [0.25, 0.3) is 0 Å². The minimum Gasteiger partial charge on any atom is -0.379 e. The number of amides is 1. The van der Waals surface area contributed by atoms with Crippen molar-refractivity contribution in [2.24, 2.45) is 0 Å². The van der Waals surface area contributed by atoms with E-state index >= 15 is 0 Å². The third-order valence-corrected chi connectivity index (χ3v) is 6.48. The molecule has 1 fully saturated rings. The second kappa shape index (κ2) is 8.91. The van der Waals surface area contributed by atoms with Gasteiger partial charge in [-0.2, -0.15) is 4.31 Å². The summed E-state index contributed by atoms with van der Waals surface area (Å²) in [5.74, 6) is -0.282. The molecule has 0 spiro atoms. The lowest BCUT2D eigenvalue weighted by Gasteiger charge is -2.26. The van der Waals surface area contributed by atoms with Gasteiger partial charge in [0.15, 0.2) is 0 Å². The largest absolute Gasteiger partial charge is 0.379 e. The molecule has 1 aliphatic rings. The van der Waals surface area contributed by atoms with Gasteiger partial charge in [0.2, 0.25) is 15.9 Å². The normalized spacial score (nSPS) is 16.4. The molecule has 2 N–H and O–H groups in total. The molecule has 0 saturated carbocycles. The molecule has 2 aromatic carbocycles. The number of morpholine rings is 1. The van der Waals surface area contributed by atoms with Crippen molar-refractivity contribution in [1.29, 1.82) is 0 Å². The molecule has 3 rings (SSSR count). The molecule has 0 aromatic heterocycles. The van der Waals surface area contributed by atoms with Gasteiger partial charge in [0, 0.05) is 29.5 Å². The van der Waals surface area contributed by atoms with Crippen LogP contribution < -0.4 is 10.6 Å². The highest BCUT2D eigenvalue weighted by atomic mass is 35.5. The second-order valence-electron chi connectivity index (χ2n) is 6.41. The molecule has 1 atom stereocenters. The number of nitrogens with zero attached hydrogens (tertiary/aromatic N) is 1. The Labute approximate surface area is 169 Å². The van der Waals surface area contributed by atoms with Crippen LogP contribution in [0.1, 0.15) is 6.92 Å². The Hall–Kier alpha value is -2.13. The number of carbonyl (C=O) groups is 1. The van der Waals surface area contributed by atoms with E-state index in [-0.39, 0.29) is 10.8 Å². The second-order valence-corrected chi connectivity index (χ2v) is 8.78. The molecule has 28 heavy (non-hydrogen) atoms. The van der Waals surface area contributed by atoms with Crippen LogP contribution in [0.3, 0.4) is 0 Å². The number of rotatable bonds is 6. The molecule has 0 unspecified atom stereocenters. The van der Waals surface area contributed by atoms with E-state index in [1.54, 1.807) is 43.3 Å². The fourth-order valence-corrected chi connectivity index (χ4v) is 4.36. The Morgan fingerprint density at radius 2 is 1.79 bits per heavy atom. The quantitative estimate of drug-likeness (QED) is 0.745. The summed E-state index contributed by atoms with van der Waals surface area (Å²) >= 11 is 5.86. The minimum atomic E-state index is -3.62. The van der Waals surface area contributed by atoms with Crippen molar-refractivity contribution in [3.05, 3.63) is 53.6 Å². The Morgan fingerprint density at radius 3 is 2.46 bits per heavy atom. The number of anilines is 2. The molecule has 1 heterocycles. The zero-order valence-corrected chi connectivity index (χ0v) is 17.0. The van der Waals surface area contributed by atoms with Crippen LogP contribution in [0, 0.1) is 0 Å². The lowest BCUT2D eigenvalue weighted by Crippen LogP contribution is -2.40. The van der Waals surface area contributed by atoms with Crippen molar-refractivity contribution < 1.29 is 17.9 Å². The summed E-state index contributed by atoms with van der Waals surface area (Å²) in [5, 5.41) is 6.44. The molecule has 0 bridgehead atoms. The number of benzene rings is 2. The Kier molecular flexibility index (Phi) is 6.56. The van der Waals surface area contributed by atoms with Gasteiger partial charge in [-0.05, 0) is 49.4 Å². The smallest absolute Gasteiger partial charge is 0.246 e. The van der Waals surface area contributed by atoms with Crippen LogP contribution in [0.25, 0.3) is 0 Å². The summed E-state index contributed by atoms with van der Waals surface area (Å²) < 4.78 is 32.1. The average molecular weight is 424 g/mol. The van der Waals surface area contributed by atoms with E-state index in [0.717, 1.165) is 5.69 Å². The van der Waals surface area contributed by atoms with E-state index in [1.807, 2.05) is 0 Å². The van der Waals surface area contributed by atoms with Crippen LogP contribution in [0.5, 0.6) is 0 Å². The maximum Gasteiger partial charge on any atom is 0.246 e. The van der Waals surface area contributed by atoms with Crippen molar-refractivity contribution in [3.8, 4) is 0 Å². The molecule has 2 aromatic rings. The monoisotopic (exact) mass is 423 g/mol. The van der Waals surface area contributed by atoms with Gasteiger partial charge in [-0.3, -0.25) is 4.79 Å². The summed E-state index contributed by atoms with van der Waals surface area (Å²) in [6.07, 6.45) is 0. The third kappa shape index (κ3) is 5.02. The fourth-order valence-electron chi connectivity index (χ4n) is 2.78. The van der Waals surface area contributed by atoms with Gasteiger partial charge in [-0.1, -0.05) is 17.7 Å². The molecular formula is C19H22ClN3O4S. The number of ether oxygens (including phenoxy) is 1. The number of nitrogens with one attached hydrogen (secondary N) is 2. The fraction of sp³-hybridized carbons (Fsp3) is 0.316. The first-order chi connectivity index (χ1) is 13.4. The number of halogens is 1. The zero-order chi connectivity index (χ0) is 20.1. The highest BCUT2D eigenvalue weighted by Gasteiger charge is 2.26. The topological polar surface area (TPSA) is 87.7 Å². The predicted molar refractivity (Wildman–Crippen MR) is 109 cm³/mol. The van der Waals surface area contributed by atoms with Gasteiger partial charge in [0.05, 0.1) is 18.1 Å². The highest BCUT2D eigenvalue weighted by molar-refractivity contribution is 7.89. The van der Waals surface area contributed by atoms with Crippen molar-refractivity contribution in [1.82, 2.24) is 4.31 Å². The maximum absolute atomic E-state index is 12.8. The van der Waals surface area contributed by atoms with Crippen LogP contribution >= 0.6 is 11.6 Å². The number of sulfonamides is 1. The highest BCUT2D eigenvalue weighted by Crippen LogP contribution is 2.21. The summed E-state index contributed by atoms with van der Waals surface area (Å²) in [6, 6.07) is 12.8. The van der Waals surface area contributed by atoms with Crippen LogP contribution in [-0.2, 0) is 19.6 Å². The van der Waals surface area contributed by atoms with Crippen LogP contribution in [0.4, 0.5) is 11.4 Å². The number of hydrogen-bond donors (Lipinski definition) is 2. The number of carbonyl (C=O) groups excluding carboxylic acids is 1. The average Bonchev–Trinajstić information content (AvgIpc) is 2.70. The van der Waals surface area contributed by atoms with Crippen LogP contribution in [0.15, 0.2) is 53.4 Å². The van der Waals surface area contributed by atoms with Gasteiger partial charge >= 0.3 is 0 Å². The lowest BCUT2D eigenvalue weighted by atomic mass is 10.2. The predicted octanol–water partition coefficient (Wildman–Crippen LogP) is 2.80. The molecule has 9 heteroatoms. The van der Waals surface area contributed by atoms with E-state index in [2.05, 4.69) is 10.6 Å². The summed E-state index contributed by atoms with van der Waals surface area (Å²) in [5.41, 5.74) is 1.18. The summed E-state index contributed by atoms with van der Waals surface area (Å²) in [4.78, 5) is 12.6. The van der Waals surface area contributed by atoms with E-state index in [9.17, 15) is 13.2 Å². The molecule has 1 amide bonds. The van der Waals surface area contributed by atoms with Crippen molar-refractivity contribution in [2.75, 3.05) is 36.9 Å². The first kappa shape index (κ1) is 20.6. The Morgan fingerprint density at radius 1 is 1.11 bits per heavy atom. The minimum absolute atomic E-state index is 0.144. The first-order valence-corrected chi connectivity index (χ1v) is 10.7. The van der Waals surface area contributed by atoms with Crippen molar-refractivity contribution in [3.63, 3.8) is 0 Å². The summed E-state index contributed by atoms with van der Waals surface area (Å²) in [7, 11) is -3.62. The molecule has 7 nitrogen and oxygen atoms in total. The third-order valence-electron chi connectivity index (χ3n) is 4.33. The van der Waals surface area contributed by atoms with Crippen LogP contribution in [0.2, 0.25) is 5.02 Å². The molecular weight excluding hydrogens is 402 g/mol. The Bertz CT molecular complexity index is 928.